The van der Waals surface area contributed by atoms with Crippen molar-refractivity contribution in [2.24, 2.45) is 0 Å². The first-order valence-corrected chi connectivity index (χ1v) is 11.3. The number of rotatable bonds is 6. The molecule has 7 nitrogen and oxygen atoms in total. The van der Waals surface area contributed by atoms with Crippen molar-refractivity contribution < 1.29 is 12.8 Å². The fourth-order valence-corrected chi connectivity index (χ4v) is 5.40. The van der Waals surface area contributed by atoms with E-state index in [-0.39, 0.29) is 29.4 Å². The molecule has 3 rings (SSSR count). The van der Waals surface area contributed by atoms with Gasteiger partial charge in [-0.05, 0) is 71.0 Å². The molecule has 1 aromatic carbocycles. The largest absolute Gasteiger partial charge is 0.300 e. The van der Waals surface area contributed by atoms with E-state index in [1.807, 2.05) is 42.4 Å². The molecule has 1 saturated heterocycles. The van der Waals surface area contributed by atoms with Crippen LogP contribution < -0.4 is 0 Å². The molecule has 2 unspecified atom stereocenters. The second-order valence-electron chi connectivity index (χ2n) is 7.55. The minimum Gasteiger partial charge on any atom is -0.300 e. The molecule has 0 bridgehead atoms. The molecule has 10 heteroatoms. The lowest BCUT2D eigenvalue weighted by atomic mass is 10.2. The minimum absolute atomic E-state index is 0.0230. The van der Waals surface area contributed by atoms with Gasteiger partial charge in [0.2, 0.25) is 4.77 Å². The van der Waals surface area contributed by atoms with Crippen LogP contribution in [0.1, 0.15) is 25.2 Å². The van der Waals surface area contributed by atoms with Crippen LogP contribution in [0.2, 0.25) is 0 Å². The van der Waals surface area contributed by atoms with E-state index in [4.69, 9.17) is 17.3 Å². The summed E-state index contributed by atoms with van der Waals surface area (Å²) in [6.07, 6.45) is 0.617. The van der Waals surface area contributed by atoms with E-state index in [0.717, 1.165) is 11.5 Å². The van der Waals surface area contributed by atoms with E-state index in [1.165, 1.54) is 12.1 Å². The van der Waals surface area contributed by atoms with Crippen LogP contribution in [0.5, 0.6) is 0 Å². The standard InChI is InChI=1S/C18H26FN5O2S2/c1-13(21(2)3)17-20-23(12-22(4)16-9-10-28(25,26)11-16)18(27)24(17)15-7-5-14(19)6-8-15/h5-8,13,16H,9-12H2,1-4H3. The van der Waals surface area contributed by atoms with Crippen molar-refractivity contribution in [2.75, 3.05) is 32.6 Å². The Balaban J connectivity index is 1.97. The number of benzene rings is 1. The van der Waals surface area contributed by atoms with E-state index in [0.29, 0.717) is 17.9 Å². The lowest BCUT2D eigenvalue weighted by Gasteiger charge is -2.22. The van der Waals surface area contributed by atoms with Gasteiger partial charge >= 0.3 is 0 Å². The molecule has 2 aromatic rings. The Morgan fingerprint density at radius 3 is 2.46 bits per heavy atom. The highest BCUT2D eigenvalue weighted by Gasteiger charge is 2.31. The molecule has 0 aliphatic carbocycles. The summed E-state index contributed by atoms with van der Waals surface area (Å²) in [5.74, 6) is 0.817. The van der Waals surface area contributed by atoms with Crippen molar-refractivity contribution in [3.63, 3.8) is 0 Å². The Labute approximate surface area is 170 Å². The molecular weight excluding hydrogens is 401 g/mol. The summed E-state index contributed by atoms with van der Waals surface area (Å²) < 4.78 is 41.0. The second kappa shape index (κ2) is 8.02. The van der Waals surface area contributed by atoms with Crippen LogP contribution in [0.25, 0.3) is 5.69 Å². The average molecular weight is 428 g/mol. The molecule has 0 spiro atoms. The Bertz CT molecular complexity index is 998. The van der Waals surface area contributed by atoms with Crippen molar-refractivity contribution in [3.05, 3.63) is 40.7 Å². The lowest BCUT2D eigenvalue weighted by molar-refractivity contribution is 0.195. The van der Waals surface area contributed by atoms with Crippen LogP contribution in [0.15, 0.2) is 24.3 Å². The summed E-state index contributed by atoms with van der Waals surface area (Å²) >= 11 is 5.68. The van der Waals surface area contributed by atoms with Crippen molar-refractivity contribution in [1.29, 1.82) is 0 Å². The molecule has 0 amide bonds. The van der Waals surface area contributed by atoms with Crippen LogP contribution in [0.4, 0.5) is 4.39 Å². The van der Waals surface area contributed by atoms with Gasteiger partial charge in [0.05, 0.1) is 24.2 Å². The highest BCUT2D eigenvalue weighted by Crippen LogP contribution is 2.23. The van der Waals surface area contributed by atoms with E-state index >= 15 is 0 Å². The first kappa shape index (κ1) is 21.1. The number of hydrogen-bond donors (Lipinski definition) is 0. The normalized spacial score (nSPS) is 20.2. The molecule has 2 heterocycles. The first-order valence-electron chi connectivity index (χ1n) is 9.12. The molecule has 0 N–H and O–H groups in total. The Morgan fingerprint density at radius 1 is 1.29 bits per heavy atom. The van der Waals surface area contributed by atoms with Gasteiger partial charge < -0.3 is 0 Å². The molecule has 1 fully saturated rings. The first-order chi connectivity index (χ1) is 13.1. The Kier molecular flexibility index (Phi) is 6.04. The van der Waals surface area contributed by atoms with Crippen LogP contribution in [0, 0.1) is 10.6 Å². The van der Waals surface area contributed by atoms with Crippen molar-refractivity contribution in [2.45, 2.75) is 32.1 Å². The van der Waals surface area contributed by atoms with Gasteiger partial charge in [-0.25, -0.2) is 17.5 Å². The average Bonchev–Trinajstić information content (AvgIpc) is 3.15. The third kappa shape index (κ3) is 4.35. The summed E-state index contributed by atoms with van der Waals surface area (Å²) in [7, 11) is 2.84. The number of halogens is 1. The van der Waals surface area contributed by atoms with Crippen molar-refractivity contribution in [1.82, 2.24) is 24.1 Å². The summed E-state index contributed by atoms with van der Waals surface area (Å²) in [6.45, 7) is 2.41. The summed E-state index contributed by atoms with van der Waals surface area (Å²) in [4.78, 5) is 4.00. The van der Waals surface area contributed by atoms with Gasteiger partial charge in [-0.2, -0.15) is 5.10 Å². The maximum absolute atomic E-state index is 13.4. The molecule has 1 aromatic heterocycles. The fourth-order valence-electron chi connectivity index (χ4n) is 3.30. The molecule has 0 radical (unpaired) electrons. The molecule has 1 aliphatic heterocycles. The predicted octanol–water partition coefficient (Wildman–Crippen LogP) is 2.24. The third-order valence-corrected chi connectivity index (χ3v) is 7.43. The SMILES string of the molecule is CC(c1nn(CN(C)C2CCS(=O)(=O)C2)c(=S)n1-c1ccc(F)cc1)N(C)C. The quantitative estimate of drug-likeness (QED) is 0.659. The molecule has 154 valence electrons. The molecule has 1 aliphatic rings. The van der Waals surface area contributed by atoms with Crippen LogP contribution in [0.3, 0.4) is 0 Å². The van der Waals surface area contributed by atoms with Gasteiger partial charge in [-0.1, -0.05) is 0 Å². The van der Waals surface area contributed by atoms with E-state index in [1.54, 1.807) is 16.8 Å². The lowest BCUT2D eigenvalue weighted by Crippen LogP contribution is -2.34. The highest BCUT2D eigenvalue weighted by atomic mass is 32.2. The van der Waals surface area contributed by atoms with Gasteiger partial charge in [0.25, 0.3) is 0 Å². The minimum atomic E-state index is -2.96. The Hall–Kier alpha value is -1.62. The zero-order valence-electron chi connectivity index (χ0n) is 16.5. The van der Waals surface area contributed by atoms with Crippen molar-refractivity contribution >= 4 is 22.1 Å². The van der Waals surface area contributed by atoms with Crippen LogP contribution >= 0.6 is 12.2 Å². The molecular formula is C18H26FN5O2S2. The smallest absolute Gasteiger partial charge is 0.203 e. The maximum Gasteiger partial charge on any atom is 0.203 e. The summed E-state index contributed by atoms with van der Waals surface area (Å²) in [6, 6.07) is 6.08. The maximum atomic E-state index is 13.4. The molecule has 2 atom stereocenters. The zero-order chi connectivity index (χ0) is 20.6. The van der Waals surface area contributed by atoms with Crippen molar-refractivity contribution in [3.8, 4) is 5.69 Å². The Morgan fingerprint density at radius 2 is 1.93 bits per heavy atom. The topological polar surface area (TPSA) is 63.4 Å². The molecule has 0 saturated carbocycles. The van der Waals surface area contributed by atoms with Gasteiger partial charge in [0.1, 0.15) is 5.82 Å². The summed E-state index contributed by atoms with van der Waals surface area (Å²) in [5, 5.41) is 4.73. The number of nitrogens with zero attached hydrogens (tertiary/aromatic N) is 5. The predicted molar refractivity (Wildman–Crippen MR) is 109 cm³/mol. The van der Waals surface area contributed by atoms with E-state index in [9.17, 15) is 12.8 Å². The molecule has 28 heavy (non-hydrogen) atoms. The zero-order valence-corrected chi connectivity index (χ0v) is 18.2. The highest BCUT2D eigenvalue weighted by molar-refractivity contribution is 7.91. The van der Waals surface area contributed by atoms with Gasteiger partial charge in [-0.3, -0.25) is 14.4 Å². The monoisotopic (exact) mass is 427 g/mol. The number of aromatic nitrogens is 3. The van der Waals surface area contributed by atoms with Crippen LogP contribution in [-0.4, -0.2) is 71.3 Å². The van der Waals surface area contributed by atoms with Gasteiger partial charge in [0, 0.05) is 11.7 Å². The van der Waals surface area contributed by atoms with E-state index < -0.39 is 9.84 Å². The number of hydrogen-bond acceptors (Lipinski definition) is 6. The van der Waals surface area contributed by atoms with Crippen LogP contribution in [-0.2, 0) is 16.5 Å². The third-order valence-electron chi connectivity index (χ3n) is 5.29. The number of sulfone groups is 1. The fraction of sp³-hybridized carbons (Fsp3) is 0.556. The van der Waals surface area contributed by atoms with Gasteiger partial charge in [-0.15, -0.1) is 0 Å². The van der Waals surface area contributed by atoms with E-state index in [2.05, 4.69) is 0 Å². The summed E-state index contributed by atoms with van der Waals surface area (Å²) in [5.41, 5.74) is 0.743. The second-order valence-corrected chi connectivity index (χ2v) is 10.1. The van der Waals surface area contributed by atoms with Gasteiger partial charge in [0.15, 0.2) is 15.7 Å².